The van der Waals surface area contributed by atoms with Gasteiger partial charge in [0.2, 0.25) is 5.91 Å². The van der Waals surface area contributed by atoms with Gasteiger partial charge in [0.1, 0.15) is 18.7 Å². The normalized spacial score (nSPS) is 13.9. The van der Waals surface area contributed by atoms with Gasteiger partial charge in [0.25, 0.3) is 0 Å². The van der Waals surface area contributed by atoms with Gasteiger partial charge in [0.05, 0.1) is 7.11 Å². The van der Waals surface area contributed by atoms with Crippen LogP contribution in [0.4, 0.5) is 4.79 Å². The smallest absolute Gasteiger partial charge is 0.408 e. The molecule has 0 fully saturated rings. The van der Waals surface area contributed by atoms with Crippen LogP contribution in [0.2, 0.25) is 0 Å². The topological polar surface area (TPSA) is 93.7 Å². The van der Waals surface area contributed by atoms with E-state index in [0.717, 1.165) is 5.56 Å². The summed E-state index contributed by atoms with van der Waals surface area (Å²) in [7, 11) is 1.29. The number of esters is 1. The van der Waals surface area contributed by atoms with Gasteiger partial charge in [-0.15, -0.1) is 0 Å². The summed E-state index contributed by atoms with van der Waals surface area (Å²) < 4.78 is 10.0. The summed E-state index contributed by atoms with van der Waals surface area (Å²) in [5.41, 5.74) is 0.852. The Labute approximate surface area is 167 Å². The van der Waals surface area contributed by atoms with Gasteiger partial charge in [-0.2, -0.15) is 0 Å². The maximum absolute atomic E-state index is 12.8. The van der Waals surface area contributed by atoms with Crippen LogP contribution in [0.3, 0.4) is 0 Å². The molecule has 0 unspecified atom stereocenters. The van der Waals surface area contributed by atoms with E-state index in [0.29, 0.717) is 12.8 Å². The highest BCUT2D eigenvalue weighted by molar-refractivity contribution is 5.89. The van der Waals surface area contributed by atoms with Crippen molar-refractivity contribution in [1.82, 2.24) is 10.6 Å². The summed E-state index contributed by atoms with van der Waals surface area (Å²) in [4.78, 5) is 36.9. The third kappa shape index (κ3) is 7.98. The van der Waals surface area contributed by atoms with Crippen LogP contribution < -0.4 is 10.6 Å². The number of nitrogens with one attached hydrogen (secondary N) is 2. The largest absolute Gasteiger partial charge is 0.467 e. The van der Waals surface area contributed by atoms with Crippen LogP contribution in [0.5, 0.6) is 0 Å². The first kappa shape index (κ1) is 23.5. The predicted molar refractivity (Wildman–Crippen MR) is 106 cm³/mol. The van der Waals surface area contributed by atoms with Crippen molar-refractivity contribution < 1.29 is 23.9 Å². The lowest BCUT2D eigenvalue weighted by atomic mass is 9.97. The number of carbonyl (C=O) groups excluding carboxylic acids is 3. The number of methoxy groups -OCH3 is 1. The van der Waals surface area contributed by atoms with Gasteiger partial charge in [-0.25, -0.2) is 9.59 Å². The van der Waals surface area contributed by atoms with Crippen molar-refractivity contribution in [2.24, 2.45) is 11.8 Å². The Morgan fingerprint density at radius 1 is 1.04 bits per heavy atom. The van der Waals surface area contributed by atoms with Crippen LogP contribution in [0.1, 0.15) is 46.1 Å². The molecule has 1 aromatic carbocycles. The minimum absolute atomic E-state index is 0.0962. The maximum Gasteiger partial charge on any atom is 0.408 e. The maximum atomic E-state index is 12.8. The second-order valence-corrected chi connectivity index (χ2v) is 7.28. The Bertz CT molecular complexity index is 633. The fourth-order valence-corrected chi connectivity index (χ4v) is 2.66. The van der Waals surface area contributed by atoms with Crippen molar-refractivity contribution in [3.63, 3.8) is 0 Å². The molecule has 0 aromatic heterocycles. The standard InChI is InChI=1S/C21H32N2O5/c1-6-15(4)18(20(25)27-5)23-19(24)17(12-14(2)3)22-21(26)28-13-16-10-8-7-9-11-16/h7-11,14-15,17-18H,6,12-13H2,1-5H3,(H,22,26)(H,23,24)/t15-,17-,18-/m0/s1. The highest BCUT2D eigenvalue weighted by atomic mass is 16.5. The molecule has 2 amide bonds. The zero-order valence-electron chi connectivity index (χ0n) is 17.4. The number of amides is 2. The van der Waals surface area contributed by atoms with Gasteiger partial charge >= 0.3 is 12.1 Å². The summed E-state index contributed by atoms with van der Waals surface area (Å²) in [5.74, 6) is -0.870. The Morgan fingerprint density at radius 2 is 1.68 bits per heavy atom. The summed E-state index contributed by atoms with van der Waals surface area (Å²) >= 11 is 0. The summed E-state index contributed by atoms with van der Waals surface area (Å²) in [6.07, 6.45) is 0.435. The Balaban J connectivity index is 2.75. The number of ether oxygens (including phenoxy) is 2. The van der Waals surface area contributed by atoms with E-state index in [-0.39, 0.29) is 18.4 Å². The zero-order valence-corrected chi connectivity index (χ0v) is 17.4. The molecular weight excluding hydrogens is 360 g/mol. The lowest BCUT2D eigenvalue weighted by Gasteiger charge is -2.26. The van der Waals surface area contributed by atoms with E-state index >= 15 is 0 Å². The average molecular weight is 392 g/mol. The van der Waals surface area contributed by atoms with E-state index in [4.69, 9.17) is 9.47 Å². The van der Waals surface area contributed by atoms with E-state index < -0.39 is 30.1 Å². The molecule has 0 aliphatic heterocycles. The van der Waals surface area contributed by atoms with Gasteiger partial charge in [-0.05, 0) is 23.8 Å². The third-order valence-corrected chi connectivity index (χ3v) is 4.49. The van der Waals surface area contributed by atoms with Crippen LogP contribution in [-0.4, -0.2) is 37.2 Å². The van der Waals surface area contributed by atoms with Crippen molar-refractivity contribution in [2.45, 2.75) is 59.2 Å². The first-order chi connectivity index (χ1) is 13.3. The molecule has 0 heterocycles. The van der Waals surface area contributed by atoms with Crippen molar-refractivity contribution in [1.29, 1.82) is 0 Å². The lowest BCUT2D eigenvalue weighted by Crippen LogP contribution is -2.54. The molecule has 7 heteroatoms. The number of benzene rings is 1. The predicted octanol–water partition coefficient (Wildman–Crippen LogP) is 3.03. The number of hydrogen-bond donors (Lipinski definition) is 2. The molecule has 28 heavy (non-hydrogen) atoms. The average Bonchev–Trinajstić information content (AvgIpc) is 2.69. The molecule has 0 saturated carbocycles. The number of carbonyl (C=O) groups is 3. The molecule has 156 valence electrons. The van der Waals surface area contributed by atoms with Crippen LogP contribution in [0.25, 0.3) is 0 Å². The number of rotatable bonds is 10. The van der Waals surface area contributed by atoms with Crippen molar-refractivity contribution in [3.05, 3.63) is 35.9 Å². The minimum Gasteiger partial charge on any atom is -0.467 e. The van der Waals surface area contributed by atoms with Gasteiger partial charge < -0.3 is 20.1 Å². The lowest BCUT2D eigenvalue weighted by molar-refractivity contribution is -0.146. The Hall–Kier alpha value is -2.57. The van der Waals surface area contributed by atoms with E-state index in [9.17, 15) is 14.4 Å². The molecule has 0 saturated heterocycles. The highest BCUT2D eigenvalue weighted by Gasteiger charge is 2.31. The molecule has 0 spiro atoms. The van der Waals surface area contributed by atoms with Crippen molar-refractivity contribution in [3.8, 4) is 0 Å². The van der Waals surface area contributed by atoms with Crippen molar-refractivity contribution in [2.75, 3.05) is 7.11 Å². The van der Waals surface area contributed by atoms with E-state index in [2.05, 4.69) is 10.6 Å². The van der Waals surface area contributed by atoms with E-state index in [1.165, 1.54) is 7.11 Å². The summed E-state index contributed by atoms with van der Waals surface area (Å²) in [6, 6.07) is 7.71. The first-order valence-electron chi connectivity index (χ1n) is 9.63. The molecule has 0 aliphatic rings. The van der Waals surface area contributed by atoms with E-state index in [1.54, 1.807) is 0 Å². The van der Waals surface area contributed by atoms with Crippen LogP contribution in [0.15, 0.2) is 30.3 Å². The molecule has 7 nitrogen and oxygen atoms in total. The molecule has 0 radical (unpaired) electrons. The van der Waals surface area contributed by atoms with Gasteiger partial charge in [0, 0.05) is 0 Å². The fraction of sp³-hybridized carbons (Fsp3) is 0.571. The zero-order chi connectivity index (χ0) is 21.1. The summed E-state index contributed by atoms with van der Waals surface area (Å²) in [5, 5.41) is 5.33. The third-order valence-electron chi connectivity index (χ3n) is 4.49. The van der Waals surface area contributed by atoms with Gasteiger partial charge in [0.15, 0.2) is 0 Å². The Kier molecular flexibility index (Phi) is 10.1. The molecule has 0 bridgehead atoms. The van der Waals surface area contributed by atoms with Crippen LogP contribution in [-0.2, 0) is 25.7 Å². The molecular formula is C21H32N2O5. The van der Waals surface area contributed by atoms with E-state index in [1.807, 2.05) is 58.0 Å². The first-order valence-corrected chi connectivity index (χ1v) is 9.63. The van der Waals surface area contributed by atoms with Crippen molar-refractivity contribution >= 4 is 18.0 Å². The fourth-order valence-electron chi connectivity index (χ4n) is 2.66. The molecule has 2 N–H and O–H groups in total. The molecule has 1 rings (SSSR count). The second kappa shape index (κ2) is 12.0. The monoisotopic (exact) mass is 392 g/mol. The highest BCUT2D eigenvalue weighted by Crippen LogP contribution is 2.12. The van der Waals surface area contributed by atoms with Crippen LogP contribution >= 0.6 is 0 Å². The quantitative estimate of drug-likeness (QED) is 0.597. The number of hydrogen-bond acceptors (Lipinski definition) is 5. The van der Waals surface area contributed by atoms with Crippen LogP contribution in [0, 0.1) is 11.8 Å². The number of alkyl carbamates (subject to hydrolysis) is 1. The SMILES string of the molecule is CC[C@H](C)[C@H](NC(=O)[C@H](CC(C)C)NC(=O)OCc1ccccc1)C(=O)OC. The molecule has 3 atom stereocenters. The Morgan fingerprint density at radius 3 is 2.21 bits per heavy atom. The minimum atomic E-state index is -0.806. The van der Waals surface area contributed by atoms with Gasteiger partial charge in [-0.1, -0.05) is 64.4 Å². The van der Waals surface area contributed by atoms with Gasteiger partial charge in [-0.3, -0.25) is 4.79 Å². The molecule has 0 aliphatic carbocycles. The summed E-state index contributed by atoms with van der Waals surface area (Å²) in [6.45, 7) is 7.80. The molecule has 1 aromatic rings. The second-order valence-electron chi connectivity index (χ2n) is 7.28.